The van der Waals surface area contributed by atoms with Gasteiger partial charge >= 0.3 is 0 Å². The molecular formula is C13H18FN3O. The lowest BCUT2D eigenvalue weighted by Crippen LogP contribution is -2.51. The minimum Gasteiger partial charge on any atom is -0.334 e. The van der Waals surface area contributed by atoms with Gasteiger partial charge in [-0.3, -0.25) is 9.78 Å². The molecule has 0 saturated carbocycles. The summed E-state index contributed by atoms with van der Waals surface area (Å²) in [7, 11) is 0. The van der Waals surface area contributed by atoms with E-state index in [1.165, 1.54) is 12.3 Å². The Morgan fingerprint density at radius 3 is 3.00 bits per heavy atom. The number of carbonyl (C=O) groups excluding carboxylic acids is 1. The highest BCUT2D eigenvalue weighted by Gasteiger charge is 2.29. The van der Waals surface area contributed by atoms with Crippen molar-refractivity contribution in [1.29, 1.82) is 0 Å². The lowest BCUT2D eigenvalue weighted by molar-refractivity contribution is 0.0583. The molecule has 0 aliphatic carbocycles. The zero-order valence-corrected chi connectivity index (χ0v) is 10.5. The predicted octanol–water partition coefficient (Wildman–Crippen LogP) is 1.56. The normalized spacial score (nSPS) is 21.7. The Balaban J connectivity index is 2.21. The maximum Gasteiger partial charge on any atom is 0.255 e. The standard InChI is InChI=1S/C13H18FN3O/c1-9(15)12-4-2-3-5-17(12)13(18)10-6-11(14)8-16-7-10/h6-9,12H,2-5,15H2,1H3/t9-,12-/m0/s1. The highest BCUT2D eigenvalue weighted by molar-refractivity contribution is 5.94. The minimum atomic E-state index is -0.491. The second-order valence-corrected chi connectivity index (χ2v) is 4.81. The summed E-state index contributed by atoms with van der Waals surface area (Å²) in [5.41, 5.74) is 6.21. The third-order valence-corrected chi connectivity index (χ3v) is 3.37. The van der Waals surface area contributed by atoms with Crippen LogP contribution in [0.3, 0.4) is 0 Å². The van der Waals surface area contributed by atoms with Crippen LogP contribution in [0, 0.1) is 5.82 Å². The van der Waals surface area contributed by atoms with Crippen molar-refractivity contribution in [1.82, 2.24) is 9.88 Å². The third kappa shape index (κ3) is 2.67. The summed E-state index contributed by atoms with van der Waals surface area (Å²) >= 11 is 0. The van der Waals surface area contributed by atoms with Crippen molar-refractivity contribution in [2.75, 3.05) is 6.54 Å². The molecule has 5 heteroatoms. The van der Waals surface area contributed by atoms with Gasteiger partial charge in [-0.1, -0.05) is 0 Å². The molecule has 2 atom stereocenters. The van der Waals surface area contributed by atoms with Gasteiger partial charge in [0, 0.05) is 24.8 Å². The topological polar surface area (TPSA) is 59.2 Å². The van der Waals surface area contributed by atoms with Crippen LogP contribution < -0.4 is 5.73 Å². The highest BCUT2D eigenvalue weighted by Crippen LogP contribution is 2.21. The van der Waals surface area contributed by atoms with Crippen LogP contribution in [0.5, 0.6) is 0 Å². The number of pyridine rings is 1. The van der Waals surface area contributed by atoms with E-state index in [0.29, 0.717) is 12.1 Å². The van der Waals surface area contributed by atoms with Crippen LogP contribution in [-0.2, 0) is 0 Å². The molecule has 2 N–H and O–H groups in total. The van der Waals surface area contributed by atoms with Gasteiger partial charge in [0.15, 0.2) is 0 Å². The number of piperidine rings is 1. The second kappa shape index (κ2) is 5.44. The maximum absolute atomic E-state index is 13.1. The van der Waals surface area contributed by atoms with Crippen molar-refractivity contribution < 1.29 is 9.18 Å². The van der Waals surface area contributed by atoms with Crippen LogP contribution in [0.15, 0.2) is 18.5 Å². The summed E-state index contributed by atoms with van der Waals surface area (Å²) in [5.74, 6) is -0.667. The number of rotatable bonds is 2. The summed E-state index contributed by atoms with van der Waals surface area (Å²) in [6.07, 6.45) is 5.45. The SMILES string of the molecule is C[C@H](N)[C@@H]1CCCCN1C(=O)c1cncc(F)c1. The van der Waals surface area contributed by atoms with Crippen LogP contribution in [0.25, 0.3) is 0 Å². The largest absolute Gasteiger partial charge is 0.334 e. The first kappa shape index (κ1) is 13.0. The van der Waals surface area contributed by atoms with Crippen molar-refractivity contribution in [3.05, 3.63) is 29.8 Å². The Labute approximate surface area is 106 Å². The monoisotopic (exact) mass is 251 g/mol. The third-order valence-electron chi connectivity index (χ3n) is 3.37. The molecule has 1 aromatic rings. The van der Waals surface area contributed by atoms with E-state index in [4.69, 9.17) is 5.73 Å². The summed E-state index contributed by atoms with van der Waals surface area (Å²) < 4.78 is 13.1. The number of carbonyl (C=O) groups is 1. The predicted molar refractivity (Wildman–Crippen MR) is 66.5 cm³/mol. The first-order chi connectivity index (χ1) is 8.59. The Morgan fingerprint density at radius 2 is 2.33 bits per heavy atom. The molecule has 2 heterocycles. The molecule has 18 heavy (non-hydrogen) atoms. The number of hydrogen-bond donors (Lipinski definition) is 1. The van der Waals surface area contributed by atoms with Gasteiger partial charge in [-0.2, -0.15) is 0 Å². The van der Waals surface area contributed by atoms with Gasteiger partial charge in [-0.15, -0.1) is 0 Å². The Hall–Kier alpha value is -1.49. The van der Waals surface area contributed by atoms with Gasteiger partial charge in [-0.25, -0.2) is 4.39 Å². The fourth-order valence-electron chi connectivity index (χ4n) is 2.45. The van der Waals surface area contributed by atoms with E-state index in [2.05, 4.69) is 4.98 Å². The molecule has 1 aromatic heterocycles. The number of nitrogens with two attached hydrogens (primary N) is 1. The number of amides is 1. The van der Waals surface area contributed by atoms with Crippen molar-refractivity contribution >= 4 is 5.91 Å². The van der Waals surface area contributed by atoms with E-state index in [9.17, 15) is 9.18 Å². The average Bonchev–Trinajstić information content (AvgIpc) is 2.38. The van der Waals surface area contributed by atoms with Crippen molar-refractivity contribution in [2.45, 2.75) is 38.3 Å². The van der Waals surface area contributed by atoms with Crippen LogP contribution in [0.2, 0.25) is 0 Å². The average molecular weight is 251 g/mol. The van der Waals surface area contributed by atoms with Crippen molar-refractivity contribution in [2.24, 2.45) is 5.73 Å². The van der Waals surface area contributed by atoms with Crippen LogP contribution in [0.1, 0.15) is 36.5 Å². The molecule has 0 aromatic carbocycles. The number of hydrogen-bond acceptors (Lipinski definition) is 3. The molecule has 0 radical (unpaired) electrons. The number of nitrogens with zero attached hydrogens (tertiary/aromatic N) is 2. The molecule has 4 nitrogen and oxygen atoms in total. The van der Waals surface area contributed by atoms with Gasteiger partial charge < -0.3 is 10.6 Å². The molecule has 98 valence electrons. The molecule has 0 unspecified atom stereocenters. The fourth-order valence-corrected chi connectivity index (χ4v) is 2.45. The van der Waals surface area contributed by atoms with E-state index < -0.39 is 5.82 Å². The van der Waals surface area contributed by atoms with Crippen LogP contribution >= 0.6 is 0 Å². The first-order valence-electron chi connectivity index (χ1n) is 6.26. The van der Waals surface area contributed by atoms with E-state index in [1.54, 1.807) is 4.90 Å². The van der Waals surface area contributed by atoms with E-state index in [1.807, 2.05) is 6.92 Å². The first-order valence-corrected chi connectivity index (χ1v) is 6.26. The quantitative estimate of drug-likeness (QED) is 0.867. The smallest absolute Gasteiger partial charge is 0.255 e. The molecule has 0 spiro atoms. The molecule has 1 saturated heterocycles. The minimum absolute atomic E-state index is 0.0366. The second-order valence-electron chi connectivity index (χ2n) is 4.81. The Morgan fingerprint density at radius 1 is 1.56 bits per heavy atom. The van der Waals surface area contributed by atoms with E-state index >= 15 is 0 Å². The van der Waals surface area contributed by atoms with Gasteiger partial charge in [-0.05, 0) is 32.3 Å². The zero-order valence-electron chi connectivity index (χ0n) is 10.5. The summed E-state index contributed by atoms with van der Waals surface area (Å²) in [5, 5.41) is 0. The summed E-state index contributed by atoms with van der Waals surface area (Å²) in [6, 6.07) is 1.19. The van der Waals surface area contributed by atoms with Gasteiger partial charge in [0.2, 0.25) is 0 Å². The lowest BCUT2D eigenvalue weighted by atomic mass is 9.96. The molecule has 1 fully saturated rings. The molecular weight excluding hydrogens is 233 g/mol. The van der Waals surface area contributed by atoms with Crippen molar-refractivity contribution in [3.63, 3.8) is 0 Å². The maximum atomic E-state index is 13.1. The van der Waals surface area contributed by atoms with Gasteiger partial charge in [0.05, 0.1) is 11.8 Å². The Bertz CT molecular complexity index is 436. The summed E-state index contributed by atoms with van der Waals surface area (Å²) in [4.78, 5) is 17.8. The number of aromatic nitrogens is 1. The molecule has 1 amide bonds. The van der Waals surface area contributed by atoms with Crippen LogP contribution in [0.4, 0.5) is 4.39 Å². The van der Waals surface area contributed by atoms with Gasteiger partial charge in [0.1, 0.15) is 5.82 Å². The molecule has 2 rings (SSSR count). The Kier molecular flexibility index (Phi) is 3.91. The number of halogens is 1. The zero-order chi connectivity index (χ0) is 13.1. The van der Waals surface area contributed by atoms with Gasteiger partial charge in [0.25, 0.3) is 5.91 Å². The van der Waals surface area contributed by atoms with Crippen LogP contribution in [-0.4, -0.2) is 34.4 Å². The fraction of sp³-hybridized carbons (Fsp3) is 0.538. The molecule has 1 aliphatic heterocycles. The molecule has 0 bridgehead atoms. The van der Waals surface area contributed by atoms with Crippen molar-refractivity contribution in [3.8, 4) is 0 Å². The van der Waals surface area contributed by atoms with E-state index in [0.717, 1.165) is 25.5 Å². The molecule has 1 aliphatic rings. The lowest BCUT2D eigenvalue weighted by Gasteiger charge is -2.38. The summed E-state index contributed by atoms with van der Waals surface area (Å²) in [6.45, 7) is 2.58. The number of likely N-dealkylation sites (tertiary alicyclic amines) is 1. The van der Waals surface area contributed by atoms with E-state index in [-0.39, 0.29) is 18.0 Å². The highest BCUT2D eigenvalue weighted by atomic mass is 19.1.